The van der Waals surface area contributed by atoms with Gasteiger partial charge in [0.05, 0.1) is 12.1 Å². The van der Waals surface area contributed by atoms with E-state index >= 15 is 0 Å². The van der Waals surface area contributed by atoms with Crippen LogP contribution in [0.25, 0.3) is 0 Å². The van der Waals surface area contributed by atoms with Crippen molar-refractivity contribution < 1.29 is 0 Å². The van der Waals surface area contributed by atoms with Crippen LogP contribution in [0.15, 0.2) is 11.1 Å². The lowest BCUT2D eigenvalue weighted by Gasteiger charge is -1.98. The predicted molar refractivity (Wildman–Crippen MR) is 48.1 cm³/mol. The van der Waals surface area contributed by atoms with Crippen molar-refractivity contribution in [2.75, 3.05) is 0 Å². The van der Waals surface area contributed by atoms with Crippen LogP contribution in [0.2, 0.25) is 0 Å². The summed E-state index contributed by atoms with van der Waals surface area (Å²) in [5.41, 5.74) is 1.34. The Hall–Kier alpha value is -1.28. The van der Waals surface area contributed by atoms with Crippen LogP contribution < -0.4 is 0 Å². The van der Waals surface area contributed by atoms with Crippen LogP contribution >= 0.6 is 0 Å². The Kier molecular flexibility index (Phi) is 5.75. The maximum atomic E-state index is 8.73. The van der Waals surface area contributed by atoms with Crippen LogP contribution in [0.3, 0.4) is 0 Å². The highest BCUT2D eigenvalue weighted by Crippen LogP contribution is 2.14. The van der Waals surface area contributed by atoms with Gasteiger partial charge in [0.15, 0.2) is 0 Å². The fourth-order valence-electron chi connectivity index (χ4n) is 1.05. The van der Waals surface area contributed by atoms with Gasteiger partial charge in [0.25, 0.3) is 0 Å². The zero-order valence-corrected chi connectivity index (χ0v) is 7.72. The summed E-state index contributed by atoms with van der Waals surface area (Å²) in [6.45, 7) is 4.02. The molecule has 0 N–H and O–H groups in total. The number of allylic oxidation sites excluding steroid dienone is 2. The SMILES string of the molecule is CCC/C(C#N)=C(\C#N)CCC. The second-order valence-electron chi connectivity index (χ2n) is 2.68. The van der Waals surface area contributed by atoms with E-state index in [-0.39, 0.29) is 0 Å². The van der Waals surface area contributed by atoms with E-state index in [1.54, 1.807) is 0 Å². The molecular formula is C10H14N2. The molecule has 0 aromatic rings. The Morgan fingerprint density at radius 3 is 1.42 bits per heavy atom. The van der Waals surface area contributed by atoms with Crippen molar-refractivity contribution in [3.05, 3.63) is 11.1 Å². The lowest BCUT2D eigenvalue weighted by atomic mass is 10.0. The Morgan fingerprint density at radius 2 is 1.25 bits per heavy atom. The molecule has 64 valence electrons. The number of rotatable bonds is 4. The van der Waals surface area contributed by atoms with Gasteiger partial charge in [-0.05, 0) is 12.8 Å². The average molecular weight is 162 g/mol. The standard InChI is InChI=1S/C10H14N2/c1-3-5-9(7-11)10(8-12)6-4-2/h3-6H2,1-2H3/b10-9+. The van der Waals surface area contributed by atoms with E-state index in [0.29, 0.717) is 11.1 Å². The summed E-state index contributed by atoms with van der Waals surface area (Å²) in [4.78, 5) is 0. The number of hydrogen-bond acceptors (Lipinski definition) is 2. The summed E-state index contributed by atoms with van der Waals surface area (Å²) >= 11 is 0. The third-order valence-electron chi connectivity index (χ3n) is 1.63. The summed E-state index contributed by atoms with van der Waals surface area (Å²) < 4.78 is 0. The molecule has 0 atom stereocenters. The van der Waals surface area contributed by atoms with Crippen molar-refractivity contribution in [1.82, 2.24) is 0 Å². The first-order chi connectivity index (χ1) is 5.79. The van der Waals surface area contributed by atoms with Crippen LogP contribution in [0.5, 0.6) is 0 Å². The molecule has 0 radical (unpaired) electrons. The van der Waals surface area contributed by atoms with Gasteiger partial charge in [-0.3, -0.25) is 0 Å². The van der Waals surface area contributed by atoms with Crippen molar-refractivity contribution in [3.63, 3.8) is 0 Å². The minimum atomic E-state index is 0.668. The fourth-order valence-corrected chi connectivity index (χ4v) is 1.05. The van der Waals surface area contributed by atoms with Gasteiger partial charge in [-0.2, -0.15) is 10.5 Å². The largest absolute Gasteiger partial charge is 0.193 e. The van der Waals surface area contributed by atoms with Crippen LogP contribution in [0.1, 0.15) is 39.5 Å². The molecule has 0 bridgehead atoms. The van der Waals surface area contributed by atoms with Gasteiger partial charge in [-0.1, -0.05) is 26.7 Å². The number of hydrogen-bond donors (Lipinski definition) is 0. The van der Waals surface area contributed by atoms with E-state index in [1.165, 1.54) is 0 Å². The number of nitrogens with zero attached hydrogens (tertiary/aromatic N) is 2. The second kappa shape index (κ2) is 6.43. The summed E-state index contributed by atoms with van der Waals surface area (Å²) in [7, 11) is 0. The van der Waals surface area contributed by atoms with Crippen molar-refractivity contribution in [1.29, 1.82) is 10.5 Å². The third-order valence-corrected chi connectivity index (χ3v) is 1.63. The van der Waals surface area contributed by atoms with Crippen molar-refractivity contribution in [3.8, 4) is 12.1 Å². The lowest BCUT2D eigenvalue weighted by molar-refractivity contribution is 0.874. The summed E-state index contributed by atoms with van der Waals surface area (Å²) in [5.74, 6) is 0. The highest BCUT2D eigenvalue weighted by molar-refractivity contribution is 5.36. The topological polar surface area (TPSA) is 47.6 Å². The van der Waals surface area contributed by atoms with Crippen molar-refractivity contribution in [2.24, 2.45) is 0 Å². The monoisotopic (exact) mass is 162 g/mol. The first kappa shape index (κ1) is 10.7. The van der Waals surface area contributed by atoms with Gasteiger partial charge < -0.3 is 0 Å². The van der Waals surface area contributed by atoms with Crippen LogP contribution in [-0.4, -0.2) is 0 Å². The molecule has 0 saturated heterocycles. The quantitative estimate of drug-likeness (QED) is 0.596. The molecule has 0 unspecified atom stereocenters. The lowest BCUT2D eigenvalue weighted by Crippen LogP contribution is -1.87. The first-order valence-electron chi connectivity index (χ1n) is 4.32. The Balaban J connectivity index is 4.56. The molecule has 0 aromatic carbocycles. The normalized spacial score (nSPS) is 11.3. The second-order valence-corrected chi connectivity index (χ2v) is 2.68. The number of nitriles is 2. The van der Waals surface area contributed by atoms with Gasteiger partial charge in [-0.25, -0.2) is 0 Å². The maximum absolute atomic E-state index is 8.73. The van der Waals surface area contributed by atoms with Gasteiger partial charge >= 0.3 is 0 Å². The molecule has 0 heterocycles. The molecule has 0 aliphatic heterocycles. The molecular weight excluding hydrogens is 148 g/mol. The minimum Gasteiger partial charge on any atom is -0.193 e. The molecule has 0 spiro atoms. The molecule has 2 heteroatoms. The Bertz CT molecular complexity index is 212. The van der Waals surface area contributed by atoms with Crippen LogP contribution in [0, 0.1) is 22.7 Å². The molecule has 2 nitrogen and oxygen atoms in total. The first-order valence-corrected chi connectivity index (χ1v) is 4.32. The Labute approximate surface area is 74.1 Å². The van der Waals surface area contributed by atoms with E-state index in [9.17, 15) is 0 Å². The van der Waals surface area contributed by atoms with E-state index < -0.39 is 0 Å². The van der Waals surface area contributed by atoms with Crippen molar-refractivity contribution >= 4 is 0 Å². The maximum Gasteiger partial charge on any atom is 0.0957 e. The van der Waals surface area contributed by atoms with Gasteiger partial charge in [0.1, 0.15) is 0 Å². The minimum absolute atomic E-state index is 0.668. The zero-order chi connectivity index (χ0) is 9.40. The zero-order valence-electron chi connectivity index (χ0n) is 7.72. The molecule has 0 aromatic heterocycles. The summed E-state index contributed by atoms with van der Waals surface area (Å²) in [5, 5.41) is 17.5. The predicted octanol–water partition coefficient (Wildman–Crippen LogP) is 2.93. The van der Waals surface area contributed by atoms with Crippen LogP contribution in [-0.2, 0) is 0 Å². The van der Waals surface area contributed by atoms with E-state index in [0.717, 1.165) is 25.7 Å². The molecule has 0 rings (SSSR count). The van der Waals surface area contributed by atoms with E-state index in [4.69, 9.17) is 10.5 Å². The third kappa shape index (κ3) is 3.21. The van der Waals surface area contributed by atoms with E-state index in [1.807, 2.05) is 13.8 Å². The molecule has 0 aliphatic carbocycles. The highest BCUT2D eigenvalue weighted by Gasteiger charge is 2.03. The molecule has 12 heavy (non-hydrogen) atoms. The van der Waals surface area contributed by atoms with Gasteiger partial charge in [0, 0.05) is 11.1 Å². The molecule has 0 amide bonds. The Morgan fingerprint density at radius 1 is 0.917 bits per heavy atom. The van der Waals surface area contributed by atoms with Gasteiger partial charge in [-0.15, -0.1) is 0 Å². The molecule has 0 saturated carbocycles. The smallest absolute Gasteiger partial charge is 0.0957 e. The van der Waals surface area contributed by atoms with Crippen LogP contribution in [0.4, 0.5) is 0 Å². The fraction of sp³-hybridized carbons (Fsp3) is 0.600. The highest BCUT2D eigenvalue weighted by atomic mass is 14.3. The van der Waals surface area contributed by atoms with Gasteiger partial charge in [0.2, 0.25) is 0 Å². The molecule has 0 fully saturated rings. The molecule has 0 aliphatic rings. The van der Waals surface area contributed by atoms with Crippen molar-refractivity contribution in [2.45, 2.75) is 39.5 Å². The average Bonchev–Trinajstić information content (AvgIpc) is 2.11. The van der Waals surface area contributed by atoms with E-state index in [2.05, 4.69) is 12.1 Å². The summed E-state index contributed by atoms with van der Waals surface area (Å²) in [6, 6.07) is 4.19. The summed E-state index contributed by atoms with van der Waals surface area (Å²) in [6.07, 6.45) is 3.33.